The van der Waals surface area contributed by atoms with Crippen molar-refractivity contribution in [1.29, 1.82) is 0 Å². The van der Waals surface area contributed by atoms with Crippen LogP contribution in [-0.2, 0) is 10.2 Å². The maximum atomic E-state index is 12.2. The van der Waals surface area contributed by atoms with E-state index in [1.165, 1.54) is 34.7 Å². The van der Waals surface area contributed by atoms with Gasteiger partial charge < -0.3 is 9.64 Å². The van der Waals surface area contributed by atoms with Crippen LogP contribution in [0.5, 0.6) is 0 Å². The molecule has 1 aliphatic rings. The van der Waals surface area contributed by atoms with Crippen molar-refractivity contribution in [3.63, 3.8) is 0 Å². The summed E-state index contributed by atoms with van der Waals surface area (Å²) in [5.74, 6) is -0.318. The van der Waals surface area contributed by atoms with E-state index in [1.54, 1.807) is 0 Å². The maximum absolute atomic E-state index is 12.2. The quantitative estimate of drug-likeness (QED) is 0.260. The Morgan fingerprint density at radius 2 is 1.44 bits per heavy atom. The van der Waals surface area contributed by atoms with Crippen LogP contribution in [0.4, 0.5) is 17.1 Å². The summed E-state index contributed by atoms with van der Waals surface area (Å²) in [6, 6.07) is 33.9. The first kappa shape index (κ1) is 20.5. The molecule has 5 aromatic carbocycles. The van der Waals surface area contributed by atoms with Crippen LogP contribution in [0.2, 0.25) is 0 Å². The Kier molecular flexibility index (Phi) is 4.50. The van der Waals surface area contributed by atoms with Gasteiger partial charge in [-0.25, -0.2) is 4.79 Å². The summed E-state index contributed by atoms with van der Waals surface area (Å²) in [6.45, 7) is 4.60. The number of benzene rings is 5. The molecule has 3 heteroatoms. The van der Waals surface area contributed by atoms with Gasteiger partial charge >= 0.3 is 5.97 Å². The molecule has 1 heterocycles. The molecule has 0 saturated carbocycles. The Labute approximate surface area is 199 Å². The van der Waals surface area contributed by atoms with Gasteiger partial charge in [0.15, 0.2) is 0 Å². The highest BCUT2D eigenvalue weighted by atomic mass is 16.5. The normalized spacial score (nSPS) is 14.0. The molecule has 3 nitrogen and oxygen atoms in total. The third-order valence-corrected chi connectivity index (χ3v) is 7.08. The standard InChI is InChI=1S/C31H25NO2/c1-31(2)26-18-20-9-7-8-10-21(20)19-28(26)32(24-11-5-4-6-12-24)27-16-14-22-17-23(30(33)34-3)13-15-25(22)29(27)31/h4-19H,1-3H3. The molecular formula is C31H25NO2. The Hall–Kier alpha value is -4.11. The van der Waals surface area contributed by atoms with Crippen LogP contribution >= 0.6 is 0 Å². The number of fused-ring (bicyclic) bond motifs is 5. The molecule has 0 atom stereocenters. The fourth-order valence-corrected chi connectivity index (χ4v) is 5.44. The lowest BCUT2D eigenvalue weighted by Crippen LogP contribution is -2.31. The van der Waals surface area contributed by atoms with Crippen LogP contribution in [0.3, 0.4) is 0 Å². The third kappa shape index (κ3) is 2.94. The molecule has 0 fully saturated rings. The smallest absolute Gasteiger partial charge is 0.337 e. The molecule has 166 valence electrons. The van der Waals surface area contributed by atoms with Gasteiger partial charge in [-0.2, -0.15) is 0 Å². The number of ether oxygens (including phenoxy) is 1. The first-order chi connectivity index (χ1) is 16.5. The minimum Gasteiger partial charge on any atom is -0.465 e. The summed E-state index contributed by atoms with van der Waals surface area (Å²) in [6.07, 6.45) is 0. The largest absolute Gasteiger partial charge is 0.465 e. The highest BCUT2D eigenvalue weighted by molar-refractivity contribution is 6.03. The predicted molar refractivity (Wildman–Crippen MR) is 140 cm³/mol. The lowest BCUT2D eigenvalue weighted by Gasteiger charge is -2.43. The van der Waals surface area contributed by atoms with Gasteiger partial charge in [-0.15, -0.1) is 0 Å². The zero-order valence-corrected chi connectivity index (χ0v) is 19.5. The minimum absolute atomic E-state index is 0.244. The van der Waals surface area contributed by atoms with E-state index in [0.29, 0.717) is 5.56 Å². The van der Waals surface area contributed by atoms with E-state index in [9.17, 15) is 4.79 Å². The van der Waals surface area contributed by atoms with Gasteiger partial charge in [0.05, 0.1) is 24.0 Å². The molecule has 0 unspecified atom stereocenters. The molecule has 0 spiro atoms. The molecule has 0 aromatic heterocycles. The molecule has 34 heavy (non-hydrogen) atoms. The van der Waals surface area contributed by atoms with E-state index in [2.05, 4.69) is 97.6 Å². The van der Waals surface area contributed by atoms with Crippen LogP contribution in [0, 0.1) is 0 Å². The van der Waals surface area contributed by atoms with Gasteiger partial charge in [0.2, 0.25) is 0 Å². The average molecular weight is 444 g/mol. The van der Waals surface area contributed by atoms with Gasteiger partial charge in [-0.3, -0.25) is 0 Å². The average Bonchev–Trinajstić information content (AvgIpc) is 2.87. The summed E-state index contributed by atoms with van der Waals surface area (Å²) in [5, 5.41) is 4.64. The maximum Gasteiger partial charge on any atom is 0.337 e. The zero-order valence-electron chi connectivity index (χ0n) is 19.5. The van der Waals surface area contributed by atoms with Gasteiger partial charge in [0.1, 0.15) is 0 Å². The van der Waals surface area contributed by atoms with Crippen molar-refractivity contribution >= 4 is 44.6 Å². The van der Waals surface area contributed by atoms with Crippen LogP contribution in [0.25, 0.3) is 21.5 Å². The lowest BCUT2D eigenvalue weighted by atomic mass is 9.71. The molecule has 0 bridgehead atoms. The van der Waals surface area contributed by atoms with E-state index in [4.69, 9.17) is 4.74 Å². The summed E-state index contributed by atoms with van der Waals surface area (Å²) in [7, 11) is 1.42. The summed E-state index contributed by atoms with van der Waals surface area (Å²) < 4.78 is 4.95. The van der Waals surface area contributed by atoms with Crippen LogP contribution < -0.4 is 4.90 Å². The predicted octanol–water partition coefficient (Wildman–Crippen LogP) is 7.89. The molecule has 0 radical (unpaired) electrons. The fourth-order valence-electron chi connectivity index (χ4n) is 5.44. The molecule has 0 saturated heterocycles. The van der Waals surface area contributed by atoms with Gasteiger partial charge in [-0.05, 0) is 75.1 Å². The Bertz CT molecular complexity index is 1580. The fraction of sp³-hybridized carbons (Fsp3) is 0.129. The number of anilines is 3. The van der Waals surface area contributed by atoms with E-state index < -0.39 is 0 Å². The Morgan fingerprint density at radius 3 is 2.18 bits per heavy atom. The highest BCUT2D eigenvalue weighted by Crippen LogP contribution is 2.54. The minimum atomic E-state index is -0.318. The summed E-state index contributed by atoms with van der Waals surface area (Å²) in [5.41, 5.74) is 6.35. The zero-order chi connectivity index (χ0) is 23.4. The molecule has 5 aromatic rings. The van der Waals surface area contributed by atoms with E-state index >= 15 is 0 Å². The number of carbonyl (C=O) groups excluding carboxylic acids is 1. The second-order valence-electron chi connectivity index (χ2n) is 9.40. The van der Waals surface area contributed by atoms with Crippen molar-refractivity contribution in [1.82, 2.24) is 0 Å². The van der Waals surface area contributed by atoms with Crippen LogP contribution in [0.1, 0.15) is 35.3 Å². The number of nitrogens with zero attached hydrogens (tertiary/aromatic N) is 1. The number of carbonyl (C=O) groups is 1. The molecule has 0 amide bonds. The van der Waals surface area contributed by atoms with Crippen molar-refractivity contribution in [2.75, 3.05) is 12.0 Å². The van der Waals surface area contributed by atoms with Crippen molar-refractivity contribution in [3.05, 3.63) is 114 Å². The Morgan fingerprint density at radius 1 is 0.735 bits per heavy atom. The number of hydrogen-bond acceptors (Lipinski definition) is 3. The van der Waals surface area contributed by atoms with Crippen LogP contribution in [-0.4, -0.2) is 13.1 Å². The summed E-state index contributed by atoms with van der Waals surface area (Å²) >= 11 is 0. The number of esters is 1. The van der Waals surface area contributed by atoms with Crippen molar-refractivity contribution in [3.8, 4) is 0 Å². The van der Waals surface area contributed by atoms with Crippen LogP contribution in [0.15, 0.2) is 97.1 Å². The SMILES string of the molecule is COC(=O)c1ccc2c3c(ccc2c1)N(c1ccccc1)c1cc2ccccc2cc1C3(C)C. The first-order valence-electron chi connectivity index (χ1n) is 11.5. The van der Waals surface area contributed by atoms with Gasteiger partial charge in [0.25, 0.3) is 0 Å². The number of hydrogen-bond donors (Lipinski definition) is 0. The Balaban J connectivity index is 1.70. The number of para-hydroxylation sites is 1. The topological polar surface area (TPSA) is 29.5 Å². The van der Waals surface area contributed by atoms with E-state index in [-0.39, 0.29) is 11.4 Å². The molecule has 6 rings (SSSR count). The van der Waals surface area contributed by atoms with Gasteiger partial charge in [-0.1, -0.05) is 68.4 Å². The van der Waals surface area contributed by atoms with E-state index in [1.807, 2.05) is 18.2 Å². The van der Waals surface area contributed by atoms with Crippen molar-refractivity contribution < 1.29 is 9.53 Å². The highest BCUT2D eigenvalue weighted by Gasteiger charge is 2.38. The molecule has 0 N–H and O–H groups in total. The monoisotopic (exact) mass is 443 g/mol. The molecule has 1 aliphatic heterocycles. The molecular weight excluding hydrogens is 418 g/mol. The van der Waals surface area contributed by atoms with Crippen molar-refractivity contribution in [2.45, 2.75) is 19.3 Å². The first-order valence-corrected chi connectivity index (χ1v) is 11.5. The third-order valence-electron chi connectivity index (χ3n) is 7.08. The lowest BCUT2D eigenvalue weighted by molar-refractivity contribution is 0.0601. The van der Waals surface area contributed by atoms with Crippen molar-refractivity contribution in [2.24, 2.45) is 0 Å². The van der Waals surface area contributed by atoms with Gasteiger partial charge in [0, 0.05) is 11.1 Å². The second kappa shape index (κ2) is 7.46. The second-order valence-corrected chi connectivity index (χ2v) is 9.40. The van der Waals surface area contributed by atoms with E-state index in [0.717, 1.165) is 22.1 Å². The number of methoxy groups -OCH3 is 1. The number of rotatable bonds is 2. The molecule has 0 aliphatic carbocycles. The summed E-state index contributed by atoms with van der Waals surface area (Å²) in [4.78, 5) is 14.5.